The number of hydrogen-bond donors (Lipinski definition) is 3. The molecule has 2 saturated heterocycles. The Morgan fingerprint density at radius 2 is 2.00 bits per heavy atom. The van der Waals surface area contributed by atoms with E-state index in [-0.39, 0.29) is 18.8 Å². The SMILES string of the molecule is CC1(C)OC2C(O1)[C@@H](CO)O[C@H]2n1cnc2c(NCCc3c[nH]c4ccccc34)ncnc21. The number of nitrogens with one attached hydrogen (secondary N) is 2. The Labute approximate surface area is 189 Å². The predicted molar refractivity (Wildman–Crippen MR) is 121 cm³/mol. The minimum atomic E-state index is -0.745. The molecule has 2 unspecified atom stereocenters. The summed E-state index contributed by atoms with van der Waals surface area (Å²) < 4.78 is 20.0. The lowest BCUT2D eigenvalue weighted by Gasteiger charge is -2.24. The van der Waals surface area contributed by atoms with Crippen LogP contribution in [0.1, 0.15) is 25.6 Å². The van der Waals surface area contributed by atoms with Crippen molar-refractivity contribution < 1.29 is 19.3 Å². The molecule has 3 N–H and O–H groups in total. The van der Waals surface area contributed by atoms with E-state index in [0.717, 1.165) is 11.9 Å². The summed E-state index contributed by atoms with van der Waals surface area (Å²) in [5.41, 5.74) is 3.67. The Hall–Kier alpha value is -3.05. The zero-order chi connectivity index (χ0) is 22.6. The molecule has 3 aromatic heterocycles. The average Bonchev–Trinajstić information content (AvgIpc) is 3.55. The van der Waals surface area contributed by atoms with Crippen LogP contribution < -0.4 is 5.32 Å². The lowest BCUT2D eigenvalue weighted by molar-refractivity contribution is -0.199. The van der Waals surface area contributed by atoms with E-state index in [1.54, 1.807) is 6.33 Å². The highest BCUT2D eigenvalue weighted by Gasteiger charge is 2.56. The second-order valence-electron chi connectivity index (χ2n) is 8.90. The molecule has 2 fully saturated rings. The molecule has 0 amide bonds. The smallest absolute Gasteiger partial charge is 0.167 e. The summed E-state index contributed by atoms with van der Waals surface area (Å²) in [4.78, 5) is 16.7. The van der Waals surface area contributed by atoms with Gasteiger partial charge >= 0.3 is 0 Å². The van der Waals surface area contributed by atoms with E-state index in [9.17, 15) is 5.11 Å². The van der Waals surface area contributed by atoms with Crippen LogP contribution in [0.25, 0.3) is 22.1 Å². The molecular formula is C23H26N6O4. The number of nitrogens with zero attached hydrogens (tertiary/aromatic N) is 4. The topological polar surface area (TPSA) is 119 Å². The van der Waals surface area contributed by atoms with Crippen molar-refractivity contribution in [2.45, 2.75) is 50.6 Å². The van der Waals surface area contributed by atoms with Crippen molar-refractivity contribution in [3.8, 4) is 0 Å². The largest absolute Gasteiger partial charge is 0.394 e. The standard InChI is InChI=1S/C23H26N6O4/c1-23(2)32-18-16(10-30)31-22(19(18)33-23)29-12-28-17-20(26-11-27-21(17)29)24-8-7-13-9-25-15-6-4-3-5-14(13)15/h3-6,9,11-12,16,18-19,22,25,30H,7-8,10H2,1-2H3,(H,24,26,27)/t16-,18?,19?,22-/m1/s1. The van der Waals surface area contributed by atoms with Gasteiger partial charge < -0.3 is 29.6 Å². The first-order chi connectivity index (χ1) is 16.0. The highest BCUT2D eigenvalue weighted by atomic mass is 16.8. The van der Waals surface area contributed by atoms with Crippen molar-refractivity contribution >= 4 is 27.9 Å². The summed E-state index contributed by atoms with van der Waals surface area (Å²) in [6.45, 7) is 4.27. The molecule has 0 saturated carbocycles. The molecule has 10 heteroatoms. The molecule has 33 heavy (non-hydrogen) atoms. The lowest BCUT2D eigenvalue weighted by Crippen LogP contribution is -2.31. The molecule has 6 rings (SSSR count). The number of benzene rings is 1. The quantitative estimate of drug-likeness (QED) is 0.410. The van der Waals surface area contributed by atoms with Gasteiger partial charge in [0.05, 0.1) is 12.9 Å². The molecule has 2 aliphatic rings. The van der Waals surface area contributed by atoms with E-state index in [2.05, 4.69) is 37.4 Å². The number of aliphatic hydroxyl groups is 1. The number of H-pyrrole nitrogens is 1. The van der Waals surface area contributed by atoms with Crippen LogP contribution in [0.5, 0.6) is 0 Å². The van der Waals surface area contributed by atoms with Crippen LogP contribution in [0.2, 0.25) is 0 Å². The van der Waals surface area contributed by atoms with Gasteiger partial charge in [-0.1, -0.05) is 18.2 Å². The Morgan fingerprint density at radius 1 is 1.15 bits per heavy atom. The molecule has 0 bridgehead atoms. The number of rotatable bonds is 6. The fourth-order valence-electron chi connectivity index (χ4n) is 4.85. The van der Waals surface area contributed by atoms with Crippen molar-refractivity contribution in [3.63, 3.8) is 0 Å². The van der Waals surface area contributed by atoms with Gasteiger partial charge in [0.25, 0.3) is 0 Å². The van der Waals surface area contributed by atoms with E-state index in [0.29, 0.717) is 23.5 Å². The molecule has 4 atom stereocenters. The van der Waals surface area contributed by atoms with Gasteiger partial charge in [-0.2, -0.15) is 0 Å². The van der Waals surface area contributed by atoms with E-state index in [4.69, 9.17) is 14.2 Å². The van der Waals surface area contributed by atoms with Crippen LogP contribution >= 0.6 is 0 Å². The Morgan fingerprint density at radius 3 is 2.88 bits per heavy atom. The van der Waals surface area contributed by atoms with Gasteiger partial charge in [-0.15, -0.1) is 0 Å². The number of ether oxygens (including phenoxy) is 3. The van der Waals surface area contributed by atoms with Gasteiger partial charge in [0.1, 0.15) is 24.6 Å². The first-order valence-electron chi connectivity index (χ1n) is 11.1. The summed E-state index contributed by atoms with van der Waals surface area (Å²) in [7, 11) is 0. The molecule has 1 aromatic carbocycles. The van der Waals surface area contributed by atoms with Gasteiger partial charge in [-0.05, 0) is 31.9 Å². The summed E-state index contributed by atoms with van der Waals surface area (Å²) in [6.07, 6.45) is 4.37. The number of fused-ring (bicyclic) bond motifs is 3. The Balaban J connectivity index is 1.23. The zero-order valence-corrected chi connectivity index (χ0v) is 18.4. The normalized spacial score (nSPS) is 26.3. The van der Waals surface area contributed by atoms with E-state index < -0.39 is 18.1 Å². The highest BCUT2D eigenvalue weighted by Crippen LogP contribution is 2.43. The highest BCUT2D eigenvalue weighted by molar-refractivity contribution is 5.84. The van der Waals surface area contributed by atoms with Crippen molar-refractivity contribution in [2.24, 2.45) is 0 Å². The van der Waals surface area contributed by atoms with Gasteiger partial charge in [0.15, 0.2) is 29.0 Å². The molecule has 0 radical (unpaired) electrons. The number of hydrogen-bond acceptors (Lipinski definition) is 8. The average molecular weight is 450 g/mol. The van der Waals surface area contributed by atoms with E-state index >= 15 is 0 Å². The number of anilines is 1. The molecule has 5 heterocycles. The fraction of sp³-hybridized carbons (Fsp3) is 0.435. The Bertz CT molecular complexity index is 1300. The number of aromatic amines is 1. The van der Waals surface area contributed by atoms with Gasteiger partial charge in [0, 0.05) is 23.6 Å². The molecule has 10 nitrogen and oxygen atoms in total. The second-order valence-corrected chi connectivity index (χ2v) is 8.90. The van der Waals surface area contributed by atoms with Crippen molar-refractivity contribution in [2.75, 3.05) is 18.5 Å². The van der Waals surface area contributed by atoms with Gasteiger partial charge in [0.2, 0.25) is 0 Å². The minimum absolute atomic E-state index is 0.153. The molecular weight excluding hydrogens is 424 g/mol. The maximum Gasteiger partial charge on any atom is 0.167 e. The molecule has 4 aromatic rings. The van der Waals surface area contributed by atoms with Gasteiger partial charge in [-0.3, -0.25) is 4.57 Å². The predicted octanol–water partition coefficient (Wildman–Crippen LogP) is 2.37. The fourth-order valence-corrected chi connectivity index (χ4v) is 4.85. The van der Waals surface area contributed by atoms with E-state index in [1.165, 1.54) is 17.3 Å². The maximum atomic E-state index is 9.77. The number of para-hydroxylation sites is 1. The molecule has 2 aliphatic heterocycles. The third-order valence-electron chi connectivity index (χ3n) is 6.30. The van der Waals surface area contributed by atoms with Crippen LogP contribution in [0.4, 0.5) is 5.82 Å². The third-order valence-corrected chi connectivity index (χ3v) is 6.30. The van der Waals surface area contributed by atoms with Gasteiger partial charge in [-0.25, -0.2) is 15.0 Å². The summed E-state index contributed by atoms with van der Waals surface area (Å²) >= 11 is 0. The van der Waals surface area contributed by atoms with Crippen LogP contribution in [0.15, 0.2) is 43.1 Å². The number of aromatic nitrogens is 5. The van der Waals surface area contributed by atoms with Crippen LogP contribution in [0, 0.1) is 0 Å². The summed E-state index contributed by atoms with van der Waals surface area (Å²) in [5, 5.41) is 14.4. The third kappa shape index (κ3) is 3.46. The lowest BCUT2D eigenvalue weighted by atomic mass is 10.1. The zero-order valence-electron chi connectivity index (χ0n) is 18.4. The van der Waals surface area contributed by atoms with Crippen molar-refractivity contribution in [3.05, 3.63) is 48.7 Å². The number of aliphatic hydroxyl groups excluding tert-OH is 1. The number of imidazole rings is 1. The van der Waals surface area contributed by atoms with Crippen LogP contribution in [0.3, 0.4) is 0 Å². The maximum absolute atomic E-state index is 9.77. The molecule has 0 aliphatic carbocycles. The first-order valence-corrected chi connectivity index (χ1v) is 11.1. The summed E-state index contributed by atoms with van der Waals surface area (Å²) in [5.74, 6) is -0.0820. The molecule has 0 spiro atoms. The van der Waals surface area contributed by atoms with Crippen molar-refractivity contribution in [1.29, 1.82) is 0 Å². The van der Waals surface area contributed by atoms with Crippen LogP contribution in [-0.2, 0) is 20.6 Å². The van der Waals surface area contributed by atoms with Crippen molar-refractivity contribution in [1.82, 2.24) is 24.5 Å². The van der Waals surface area contributed by atoms with E-state index in [1.807, 2.05) is 36.7 Å². The first kappa shape index (κ1) is 20.5. The van der Waals surface area contributed by atoms with Crippen LogP contribution in [-0.4, -0.2) is 66.9 Å². The Kier molecular flexibility index (Phi) is 4.84. The second kappa shape index (κ2) is 7.77. The monoisotopic (exact) mass is 450 g/mol. The summed E-state index contributed by atoms with van der Waals surface area (Å²) in [6, 6.07) is 8.27. The molecule has 172 valence electrons. The minimum Gasteiger partial charge on any atom is -0.394 e.